The second kappa shape index (κ2) is 7.89. The second-order valence-electron chi connectivity index (χ2n) is 6.03. The Morgan fingerprint density at radius 1 is 1.00 bits per heavy atom. The third-order valence-electron chi connectivity index (χ3n) is 3.81. The Bertz CT molecular complexity index is 811. The first-order valence-corrected chi connectivity index (χ1v) is 8.55. The van der Waals surface area contributed by atoms with Gasteiger partial charge in [0.05, 0.1) is 10.7 Å². The van der Waals surface area contributed by atoms with E-state index in [4.69, 9.17) is 23.2 Å². The number of hydrogen-bond donors (Lipinski definition) is 1. The first-order chi connectivity index (χ1) is 11.7. The molecule has 0 fully saturated rings. The molecule has 0 bridgehead atoms. The lowest BCUT2D eigenvalue weighted by atomic mass is 10.1. The molecule has 0 aliphatic rings. The molecule has 0 radical (unpaired) electrons. The highest BCUT2D eigenvalue weighted by atomic mass is 35.5. The summed E-state index contributed by atoms with van der Waals surface area (Å²) < 4.78 is 0. The van der Waals surface area contributed by atoms with E-state index < -0.39 is 0 Å². The molecule has 0 saturated heterocycles. The molecule has 2 aromatic carbocycles. The van der Waals surface area contributed by atoms with Crippen LogP contribution in [0.25, 0.3) is 0 Å². The van der Waals surface area contributed by atoms with Crippen LogP contribution >= 0.6 is 23.2 Å². The van der Waals surface area contributed by atoms with Gasteiger partial charge in [-0.1, -0.05) is 35.3 Å². The van der Waals surface area contributed by atoms with Gasteiger partial charge in [0, 0.05) is 17.6 Å². The summed E-state index contributed by atoms with van der Waals surface area (Å²) >= 11 is 12.4. The molecule has 2 amide bonds. The van der Waals surface area contributed by atoms with Crippen LogP contribution in [-0.2, 0) is 9.59 Å². The number of carbonyl (C=O) groups is 2. The van der Waals surface area contributed by atoms with Gasteiger partial charge < -0.3 is 10.2 Å². The Hall–Kier alpha value is -2.04. The van der Waals surface area contributed by atoms with Gasteiger partial charge in [-0.15, -0.1) is 0 Å². The van der Waals surface area contributed by atoms with Crippen LogP contribution in [0.5, 0.6) is 0 Å². The van der Waals surface area contributed by atoms with Crippen molar-refractivity contribution in [2.45, 2.75) is 27.7 Å². The first kappa shape index (κ1) is 19.3. The molecule has 2 aromatic rings. The van der Waals surface area contributed by atoms with Crippen LogP contribution in [-0.4, -0.2) is 18.4 Å². The molecule has 6 heteroatoms. The van der Waals surface area contributed by atoms with Crippen molar-refractivity contribution in [3.63, 3.8) is 0 Å². The van der Waals surface area contributed by atoms with Crippen molar-refractivity contribution >= 4 is 46.4 Å². The van der Waals surface area contributed by atoms with E-state index in [0.717, 1.165) is 16.7 Å². The van der Waals surface area contributed by atoms with Gasteiger partial charge in [-0.25, -0.2) is 0 Å². The van der Waals surface area contributed by atoms with Gasteiger partial charge >= 0.3 is 0 Å². The van der Waals surface area contributed by atoms with Crippen LogP contribution < -0.4 is 10.2 Å². The summed E-state index contributed by atoms with van der Waals surface area (Å²) in [6, 6.07) is 8.96. The average Bonchev–Trinajstić information content (AvgIpc) is 2.48. The summed E-state index contributed by atoms with van der Waals surface area (Å²) in [5.74, 6) is -0.586. The summed E-state index contributed by atoms with van der Waals surface area (Å²) in [6.07, 6.45) is 0. The number of aryl methyl sites for hydroxylation is 3. The van der Waals surface area contributed by atoms with Crippen molar-refractivity contribution < 1.29 is 9.59 Å². The minimum atomic E-state index is -0.328. The lowest BCUT2D eigenvalue weighted by Gasteiger charge is -2.24. The van der Waals surface area contributed by atoms with Crippen molar-refractivity contribution in [1.82, 2.24) is 0 Å². The number of rotatable bonds is 4. The van der Waals surface area contributed by atoms with Gasteiger partial charge in [0.2, 0.25) is 11.8 Å². The molecule has 0 atom stereocenters. The second-order valence-corrected chi connectivity index (χ2v) is 6.84. The molecule has 25 heavy (non-hydrogen) atoms. The fraction of sp³-hybridized carbons (Fsp3) is 0.263. The molecule has 0 saturated carbocycles. The standard InChI is InChI=1S/C19H20Cl2N2O2/c1-11-7-13(3)19(17(21)8-11)23(14(4)24)10-18(25)22-15-6-5-12(2)16(20)9-15/h5-9H,10H2,1-4H3,(H,22,25). The van der Waals surface area contributed by atoms with Crippen LogP contribution in [0.15, 0.2) is 30.3 Å². The third kappa shape index (κ3) is 4.74. The molecule has 1 N–H and O–H groups in total. The summed E-state index contributed by atoms with van der Waals surface area (Å²) in [5.41, 5.74) is 3.89. The van der Waals surface area contributed by atoms with Crippen molar-refractivity contribution in [3.8, 4) is 0 Å². The lowest BCUT2D eigenvalue weighted by molar-refractivity contribution is -0.120. The predicted molar refractivity (Wildman–Crippen MR) is 104 cm³/mol. The zero-order chi connectivity index (χ0) is 18.7. The Balaban J connectivity index is 2.23. The lowest BCUT2D eigenvalue weighted by Crippen LogP contribution is -2.37. The molecule has 132 valence electrons. The quantitative estimate of drug-likeness (QED) is 0.821. The molecule has 0 unspecified atom stereocenters. The van der Waals surface area contributed by atoms with Gasteiger partial charge in [-0.2, -0.15) is 0 Å². The van der Waals surface area contributed by atoms with Gasteiger partial charge in [-0.05, 0) is 55.7 Å². The maximum absolute atomic E-state index is 12.4. The van der Waals surface area contributed by atoms with E-state index in [2.05, 4.69) is 5.32 Å². The fourth-order valence-corrected chi connectivity index (χ4v) is 3.22. The number of hydrogen-bond acceptors (Lipinski definition) is 2. The number of benzene rings is 2. The molecular weight excluding hydrogens is 359 g/mol. The normalized spacial score (nSPS) is 10.5. The van der Waals surface area contributed by atoms with Crippen LogP contribution in [0.3, 0.4) is 0 Å². The monoisotopic (exact) mass is 378 g/mol. The molecule has 4 nitrogen and oxygen atoms in total. The first-order valence-electron chi connectivity index (χ1n) is 7.80. The van der Waals surface area contributed by atoms with E-state index in [1.807, 2.05) is 32.9 Å². The number of halogens is 2. The molecule has 0 aliphatic carbocycles. The number of amides is 2. The number of carbonyl (C=O) groups excluding carboxylic acids is 2. The SMILES string of the molecule is CC(=O)N(CC(=O)Nc1ccc(C)c(Cl)c1)c1c(C)cc(C)cc1Cl. The average molecular weight is 379 g/mol. The Labute approximate surface area is 157 Å². The minimum Gasteiger partial charge on any atom is -0.324 e. The number of nitrogens with one attached hydrogen (secondary N) is 1. The van der Waals surface area contributed by atoms with Gasteiger partial charge in [0.1, 0.15) is 6.54 Å². The van der Waals surface area contributed by atoms with E-state index in [9.17, 15) is 9.59 Å². The minimum absolute atomic E-state index is 0.134. The highest BCUT2D eigenvalue weighted by Crippen LogP contribution is 2.31. The maximum Gasteiger partial charge on any atom is 0.244 e. The van der Waals surface area contributed by atoms with Crippen molar-refractivity contribution in [3.05, 3.63) is 57.1 Å². The van der Waals surface area contributed by atoms with Gasteiger partial charge in [0.25, 0.3) is 0 Å². The van der Waals surface area contributed by atoms with E-state index in [0.29, 0.717) is 21.4 Å². The van der Waals surface area contributed by atoms with E-state index in [1.165, 1.54) is 11.8 Å². The highest BCUT2D eigenvalue weighted by molar-refractivity contribution is 6.34. The Kier molecular flexibility index (Phi) is 6.09. The molecule has 2 rings (SSSR count). The Morgan fingerprint density at radius 3 is 2.24 bits per heavy atom. The van der Waals surface area contributed by atoms with Crippen LogP contribution in [0, 0.1) is 20.8 Å². The van der Waals surface area contributed by atoms with Crippen LogP contribution in [0.1, 0.15) is 23.6 Å². The number of anilines is 2. The largest absolute Gasteiger partial charge is 0.324 e. The van der Waals surface area contributed by atoms with E-state index >= 15 is 0 Å². The zero-order valence-electron chi connectivity index (χ0n) is 14.6. The smallest absolute Gasteiger partial charge is 0.244 e. The fourth-order valence-electron chi connectivity index (χ4n) is 2.61. The summed E-state index contributed by atoms with van der Waals surface area (Å²) in [5, 5.41) is 3.77. The molecule has 0 heterocycles. The maximum atomic E-state index is 12.4. The van der Waals surface area contributed by atoms with Crippen molar-refractivity contribution in [1.29, 1.82) is 0 Å². The Morgan fingerprint density at radius 2 is 1.68 bits per heavy atom. The molecule has 0 aliphatic heterocycles. The third-order valence-corrected chi connectivity index (χ3v) is 4.50. The summed E-state index contributed by atoms with van der Waals surface area (Å²) in [7, 11) is 0. The zero-order valence-corrected chi connectivity index (χ0v) is 16.1. The van der Waals surface area contributed by atoms with Crippen LogP contribution in [0.4, 0.5) is 11.4 Å². The number of nitrogens with zero attached hydrogens (tertiary/aromatic N) is 1. The molecular formula is C19H20Cl2N2O2. The topological polar surface area (TPSA) is 49.4 Å². The van der Waals surface area contributed by atoms with Crippen molar-refractivity contribution in [2.75, 3.05) is 16.8 Å². The van der Waals surface area contributed by atoms with Crippen molar-refractivity contribution in [2.24, 2.45) is 0 Å². The van der Waals surface area contributed by atoms with E-state index in [-0.39, 0.29) is 18.4 Å². The highest BCUT2D eigenvalue weighted by Gasteiger charge is 2.20. The van der Waals surface area contributed by atoms with Gasteiger partial charge in [0.15, 0.2) is 0 Å². The molecule has 0 aromatic heterocycles. The van der Waals surface area contributed by atoms with Gasteiger partial charge in [-0.3, -0.25) is 9.59 Å². The van der Waals surface area contributed by atoms with E-state index in [1.54, 1.807) is 18.2 Å². The molecule has 0 spiro atoms. The summed E-state index contributed by atoms with van der Waals surface area (Å²) in [4.78, 5) is 25.9. The van der Waals surface area contributed by atoms with Crippen LogP contribution in [0.2, 0.25) is 10.0 Å². The summed E-state index contributed by atoms with van der Waals surface area (Å²) in [6.45, 7) is 6.94. The predicted octanol–water partition coefficient (Wildman–Crippen LogP) is 4.91.